The van der Waals surface area contributed by atoms with Gasteiger partial charge in [0.1, 0.15) is 52.9 Å². The molecule has 0 spiro atoms. The van der Waals surface area contributed by atoms with Gasteiger partial charge in [-0.3, -0.25) is 0 Å². The number of hydrogen-bond acceptors (Lipinski definition) is 22. The van der Waals surface area contributed by atoms with Gasteiger partial charge in [0.2, 0.25) is 12.2 Å². The number of esters is 8. The lowest BCUT2D eigenvalue weighted by Crippen LogP contribution is -2.48. The predicted octanol–water partition coefficient (Wildman–Crippen LogP) is 6.15. The van der Waals surface area contributed by atoms with Crippen LogP contribution < -0.4 is 0 Å². The minimum absolute atomic E-state index is 0.519. The van der Waals surface area contributed by atoms with Crippen molar-refractivity contribution < 1.29 is 95.3 Å². The monoisotopic (exact) mass is 1070 g/mol. The Morgan fingerprint density at radius 2 is 0.500 bits per heavy atom. The standard InChI is InChI=1S/C39H48O18.C13H24.2CHNO/c1-9-29(40)50-21-37(22-51-30(41)10-2,17-48-19-38(23-52-31(42)11-3,24-53-32(43)12-4)25-54-33(44)13-5)18-49-20-39(26-55-34(45)14-6,27-56-35(46)15-7)28-57-36(47)16-8;1-3-7-12(8-4-1)11-13-9-5-2-6-10-13;2*2-1-3/h9-16H,1-8,17-28H2;12-13H,1-11H2;2*2H. The van der Waals surface area contributed by atoms with Gasteiger partial charge in [-0.05, 0) is 18.3 Å². The number of carbonyl (C=O) groups excluding carboxylic acids is 10. The van der Waals surface area contributed by atoms with Gasteiger partial charge in [-0.25, -0.2) is 58.8 Å². The van der Waals surface area contributed by atoms with E-state index in [9.17, 15) is 38.4 Å². The van der Waals surface area contributed by atoms with Crippen LogP contribution in [0.5, 0.6) is 0 Å². The molecule has 0 aliphatic heterocycles. The average molecular weight is 1070 g/mol. The van der Waals surface area contributed by atoms with Crippen molar-refractivity contribution in [1.82, 2.24) is 0 Å². The Kier molecular flexibility index (Phi) is 39.6. The van der Waals surface area contributed by atoms with E-state index in [1.54, 1.807) is 32.1 Å². The van der Waals surface area contributed by atoms with Crippen LogP contribution in [0.15, 0.2) is 101 Å². The zero-order chi connectivity index (χ0) is 57.7. The second-order valence-corrected chi connectivity index (χ2v) is 17.4. The molecule has 0 unspecified atom stereocenters. The second kappa shape index (κ2) is 42.7. The normalized spacial score (nSPS) is 13.1. The molecule has 2 aliphatic carbocycles. The lowest BCUT2D eigenvalue weighted by Gasteiger charge is -2.37. The summed E-state index contributed by atoms with van der Waals surface area (Å²) >= 11 is 0. The van der Waals surface area contributed by atoms with Crippen LogP contribution >= 0.6 is 0 Å². The summed E-state index contributed by atoms with van der Waals surface area (Å²) in [5, 5.41) is 10.8. The molecule has 0 amide bonds. The van der Waals surface area contributed by atoms with Crippen LogP contribution in [0.1, 0.15) is 70.6 Å². The minimum atomic E-state index is -1.64. The molecule has 2 fully saturated rings. The summed E-state index contributed by atoms with van der Waals surface area (Å²) < 4.78 is 54.1. The highest BCUT2D eigenvalue weighted by atomic mass is 16.6. The molecule has 0 saturated heterocycles. The summed E-state index contributed by atoms with van der Waals surface area (Å²) in [6.07, 6.45) is 25.3. The van der Waals surface area contributed by atoms with E-state index in [1.165, 1.54) is 38.5 Å². The number of rotatable bonds is 34. The quantitative estimate of drug-likeness (QED) is 0.0240. The molecule has 2 N–H and O–H groups in total. The number of ether oxygens (including phenoxy) is 10. The first-order chi connectivity index (χ1) is 36.3. The van der Waals surface area contributed by atoms with Gasteiger partial charge in [-0.15, -0.1) is 0 Å². The van der Waals surface area contributed by atoms with Crippen LogP contribution in [0.4, 0.5) is 0 Å². The van der Waals surface area contributed by atoms with Gasteiger partial charge in [0.25, 0.3) is 0 Å². The Morgan fingerprint density at radius 3 is 0.658 bits per heavy atom. The average Bonchev–Trinajstić information content (AvgIpc) is 3.44. The predicted molar refractivity (Wildman–Crippen MR) is 273 cm³/mol. The molecule has 0 atom stereocenters. The van der Waals surface area contributed by atoms with Crippen LogP contribution in [0.3, 0.4) is 0 Å². The van der Waals surface area contributed by atoms with E-state index in [1.807, 2.05) is 0 Å². The maximum Gasteiger partial charge on any atom is 0.330 e. The molecule has 0 aromatic rings. The molecule has 2 rings (SSSR count). The first kappa shape index (κ1) is 70.4. The molecule has 2 aliphatic rings. The van der Waals surface area contributed by atoms with Crippen molar-refractivity contribution in [2.45, 2.75) is 70.6 Å². The van der Waals surface area contributed by atoms with Crippen LogP contribution in [-0.2, 0) is 95.3 Å². The molecule has 22 heteroatoms. The van der Waals surface area contributed by atoms with E-state index in [-0.39, 0.29) is 0 Å². The maximum atomic E-state index is 12.3. The fraction of sp³-hybridized carbons (Fsp3) is 0.519. The summed E-state index contributed by atoms with van der Waals surface area (Å²) in [4.78, 5) is 114. The van der Waals surface area contributed by atoms with E-state index >= 15 is 0 Å². The summed E-state index contributed by atoms with van der Waals surface area (Å²) in [7, 11) is 0. The molecule has 0 aromatic heterocycles. The van der Waals surface area contributed by atoms with E-state index in [0.717, 1.165) is 72.6 Å². The van der Waals surface area contributed by atoms with Crippen molar-refractivity contribution in [3.8, 4) is 0 Å². The van der Waals surface area contributed by atoms with E-state index in [4.69, 9.17) is 67.8 Å². The Bertz CT molecular complexity index is 1740. The van der Waals surface area contributed by atoms with Crippen LogP contribution in [0.25, 0.3) is 0 Å². The zero-order valence-electron chi connectivity index (χ0n) is 43.4. The minimum Gasteiger partial charge on any atom is -0.462 e. The maximum absolute atomic E-state index is 12.3. The lowest BCUT2D eigenvalue weighted by atomic mass is 9.78. The molecule has 2 saturated carbocycles. The van der Waals surface area contributed by atoms with Crippen molar-refractivity contribution in [2.24, 2.45) is 28.1 Å². The molecule has 0 bridgehead atoms. The Balaban J connectivity index is 0. The van der Waals surface area contributed by atoms with Crippen molar-refractivity contribution >= 4 is 59.9 Å². The fourth-order valence-corrected chi connectivity index (χ4v) is 7.30. The molecule has 420 valence electrons. The molecule has 0 aromatic carbocycles. The number of hydrogen-bond donors (Lipinski definition) is 2. The molecule has 0 radical (unpaired) electrons. The van der Waals surface area contributed by atoms with Crippen molar-refractivity contribution in [3.05, 3.63) is 101 Å². The fourth-order valence-electron chi connectivity index (χ4n) is 7.30. The summed E-state index contributed by atoms with van der Waals surface area (Å²) in [6.45, 7) is 20.1. The SMILES string of the molecule is C1CCC(CC2CCCCC2)CC1.C=CC(=O)OCC(COCC(COC(=O)C=C)(COC(=O)C=C)COC(=O)C=C)(COCC(COC(=O)C=C)(COC(=O)C=C)COC(=O)C=C)COC(=O)C=C.N=C=O.N=C=O. The van der Waals surface area contributed by atoms with Gasteiger partial charge in [0, 0.05) is 48.6 Å². The number of carbonyl (C=O) groups is 8. The molecular weight excluding hydrogens is 997 g/mol. The first-order valence-electron chi connectivity index (χ1n) is 23.9. The summed E-state index contributed by atoms with van der Waals surface area (Å²) in [5.41, 5.74) is -4.85. The Labute approximate surface area is 444 Å². The largest absolute Gasteiger partial charge is 0.462 e. The Morgan fingerprint density at radius 1 is 0.342 bits per heavy atom. The van der Waals surface area contributed by atoms with Gasteiger partial charge in [-0.2, -0.15) is 0 Å². The highest BCUT2D eigenvalue weighted by molar-refractivity contribution is 5.84. The van der Waals surface area contributed by atoms with Gasteiger partial charge >= 0.3 is 47.8 Å². The summed E-state index contributed by atoms with van der Waals surface area (Å²) in [5.74, 6) is -4.91. The van der Waals surface area contributed by atoms with Crippen LogP contribution in [0.2, 0.25) is 0 Å². The second-order valence-electron chi connectivity index (χ2n) is 17.4. The third-order valence-corrected chi connectivity index (χ3v) is 11.2. The van der Waals surface area contributed by atoms with Gasteiger partial charge in [-0.1, -0.05) is 117 Å². The van der Waals surface area contributed by atoms with Crippen molar-refractivity contribution in [1.29, 1.82) is 10.8 Å². The lowest BCUT2D eigenvalue weighted by molar-refractivity contribution is -0.172. The number of nitrogens with one attached hydrogen (secondary N) is 2. The zero-order valence-corrected chi connectivity index (χ0v) is 43.4. The van der Waals surface area contributed by atoms with Crippen LogP contribution in [0, 0.1) is 38.9 Å². The number of isocyanates is 2. The molecule has 0 heterocycles. The van der Waals surface area contributed by atoms with Gasteiger partial charge < -0.3 is 47.4 Å². The first-order valence-corrected chi connectivity index (χ1v) is 23.9. The molecular formula is C54H74N2O20. The smallest absolute Gasteiger partial charge is 0.330 e. The molecule has 22 nitrogen and oxygen atoms in total. The highest BCUT2D eigenvalue weighted by Crippen LogP contribution is 2.35. The van der Waals surface area contributed by atoms with Crippen molar-refractivity contribution in [2.75, 3.05) is 79.3 Å². The van der Waals surface area contributed by atoms with E-state index < -0.39 is 143 Å². The van der Waals surface area contributed by atoms with Crippen molar-refractivity contribution in [3.63, 3.8) is 0 Å². The molecule has 76 heavy (non-hydrogen) atoms. The third kappa shape index (κ3) is 33.2. The highest BCUT2D eigenvalue weighted by Gasteiger charge is 2.42. The Hall–Kier alpha value is -7.64. The topological polar surface area (TPSA) is 311 Å². The van der Waals surface area contributed by atoms with Crippen LogP contribution in [-0.4, -0.2) is 139 Å². The van der Waals surface area contributed by atoms with E-state index in [2.05, 4.69) is 52.6 Å². The third-order valence-electron chi connectivity index (χ3n) is 11.2. The summed E-state index contributed by atoms with van der Waals surface area (Å²) in [6, 6.07) is 0. The van der Waals surface area contributed by atoms with E-state index in [0.29, 0.717) is 0 Å². The van der Waals surface area contributed by atoms with Gasteiger partial charge in [0.15, 0.2) is 0 Å². The van der Waals surface area contributed by atoms with Gasteiger partial charge in [0.05, 0.1) is 42.7 Å².